The fourth-order valence-corrected chi connectivity index (χ4v) is 2.89. The van der Waals surface area contributed by atoms with Gasteiger partial charge in [-0.25, -0.2) is 9.78 Å². The van der Waals surface area contributed by atoms with Gasteiger partial charge in [-0.05, 0) is 37.3 Å². The summed E-state index contributed by atoms with van der Waals surface area (Å²) in [6.07, 6.45) is 7.70. The van der Waals surface area contributed by atoms with Gasteiger partial charge < -0.3 is 10.0 Å². The number of aromatic nitrogens is 1. The monoisotopic (exact) mass is 262 g/mol. The van der Waals surface area contributed by atoms with Gasteiger partial charge in [-0.2, -0.15) is 0 Å². The van der Waals surface area contributed by atoms with Crippen molar-refractivity contribution in [1.82, 2.24) is 4.98 Å². The first-order valence-corrected chi connectivity index (χ1v) is 7.15. The van der Waals surface area contributed by atoms with E-state index in [2.05, 4.69) is 16.8 Å². The molecule has 0 aromatic carbocycles. The first-order valence-electron chi connectivity index (χ1n) is 7.15. The summed E-state index contributed by atoms with van der Waals surface area (Å²) in [4.78, 5) is 17.7. The Labute approximate surface area is 114 Å². The summed E-state index contributed by atoms with van der Waals surface area (Å²) in [5, 5.41) is 9.24. The Balaban J connectivity index is 2.12. The van der Waals surface area contributed by atoms with Gasteiger partial charge in [0.1, 0.15) is 11.4 Å². The smallest absolute Gasteiger partial charge is 0.339 e. The van der Waals surface area contributed by atoms with Crippen LogP contribution in [0.25, 0.3) is 0 Å². The fourth-order valence-electron chi connectivity index (χ4n) is 2.89. The minimum Gasteiger partial charge on any atom is -0.478 e. The maximum Gasteiger partial charge on any atom is 0.339 e. The van der Waals surface area contributed by atoms with Crippen LogP contribution in [-0.4, -0.2) is 29.1 Å². The van der Waals surface area contributed by atoms with Gasteiger partial charge in [0.05, 0.1) is 0 Å². The molecule has 2 rings (SSSR count). The largest absolute Gasteiger partial charge is 0.478 e. The van der Waals surface area contributed by atoms with Gasteiger partial charge in [0.15, 0.2) is 0 Å². The molecule has 0 spiro atoms. The number of nitrogens with zero attached hydrogens (tertiary/aromatic N) is 2. The van der Waals surface area contributed by atoms with Gasteiger partial charge in [0, 0.05) is 19.3 Å². The van der Waals surface area contributed by atoms with E-state index < -0.39 is 5.97 Å². The molecule has 1 aromatic heterocycles. The van der Waals surface area contributed by atoms with Crippen molar-refractivity contribution in [2.75, 3.05) is 18.0 Å². The van der Waals surface area contributed by atoms with Crippen LogP contribution in [0.4, 0.5) is 5.82 Å². The van der Waals surface area contributed by atoms with E-state index in [4.69, 9.17) is 0 Å². The van der Waals surface area contributed by atoms with Crippen LogP contribution in [0.3, 0.4) is 0 Å². The van der Waals surface area contributed by atoms with Gasteiger partial charge >= 0.3 is 5.97 Å². The molecule has 1 aromatic rings. The number of anilines is 1. The fraction of sp³-hybridized carbons (Fsp3) is 0.600. The lowest BCUT2D eigenvalue weighted by molar-refractivity contribution is 0.0697. The molecule has 0 aliphatic carbocycles. The lowest BCUT2D eigenvalue weighted by atomic mass is 9.96. The zero-order valence-electron chi connectivity index (χ0n) is 11.5. The topological polar surface area (TPSA) is 53.4 Å². The third kappa shape index (κ3) is 3.46. The third-order valence-electron chi connectivity index (χ3n) is 3.86. The molecule has 1 N–H and O–H groups in total. The van der Waals surface area contributed by atoms with E-state index in [0.29, 0.717) is 11.4 Å². The summed E-state index contributed by atoms with van der Waals surface area (Å²) >= 11 is 0. The Kier molecular flexibility index (Phi) is 4.77. The van der Waals surface area contributed by atoms with Crippen molar-refractivity contribution in [1.29, 1.82) is 0 Å². The number of hydrogen-bond donors (Lipinski definition) is 1. The normalized spacial score (nSPS) is 20.1. The molecule has 1 unspecified atom stereocenters. The Morgan fingerprint density at radius 2 is 2.32 bits per heavy atom. The first kappa shape index (κ1) is 13.8. The van der Waals surface area contributed by atoms with E-state index in [1.807, 2.05) is 0 Å². The minimum atomic E-state index is -0.891. The van der Waals surface area contributed by atoms with E-state index >= 15 is 0 Å². The number of carboxylic acids is 1. The molecular formula is C15H22N2O2. The van der Waals surface area contributed by atoms with Crippen molar-refractivity contribution in [3.63, 3.8) is 0 Å². The number of carboxylic acid groups (broad SMARTS) is 1. The van der Waals surface area contributed by atoms with E-state index in [0.717, 1.165) is 31.8 Å². The Morgan fingerprint density at radius 1 is 1.47 bits per heavy atom. The molecule has 0 saturated carbocycles. The summed E-state index contributed by atoms with van der Waals surface area (Å²) in [7, 11) is 0. The molecule has 4 heteroatoms. The molecule has 2 heterocycles. The summed E-state index contributed by atoms with van der Waals surface area (Å²) in [6.45, 7) is 4.06. The summed E-state index contributed by atoms with van der Waals surface area (Å²) in [5.74, 6) is 0.525. The molecule has 1 saturated heterocycles. The van der Waals surface area contributed by atoms with E-state index in [1.54, 1.807) is 18.3 Å². The summed E-state index contributed by atoms with van der Waals surface area (Å²) < 4.78 is 0. The number of rotatable bonds is 4. The van der Waals surface area contributed by atoms with Crippen LogP contribution < -0.4 is 4.90 Å². The number of hydrogen-bond acceptors (Lipinski definition) is 3. The molecule has 1 fully saturated rings. The number of pyridine rings is 1. The summed E-state index contributed by atoms with van der Waals surface area (Å²) in [6, 6.07) is 3.32. The molecule has 0 radical (unpaired) electrons. The van der Waals surface area contributed by atoms with Crippen LogP contribution in [0.1, 0.15) is 49.4 Å². The maximum atomic E-state index is 11.3. The predicted octanol–water partition coefficient (Wildman–Crippen LogP) is 3.19. The van der Waals surface area contributed by atoms with Crippen molar-refractivity contribution >= 4 is 11.8 Å². The molecule has 1 aliphatic rings. The lowest BCUT2D eigenvalue weighted by Crippen LogP contribution is -2.27. The molecule has 4 nitrogen and oxygen atoms in total. The molecule has 19 heavy (non-hydrogen) atoms. The molecule has 0 bridgehead atoms. The highest BCUT2D eigenvalue weighted by molar-refractivity contribution is 5.93. The zero-order chi connectivity index (χ0) is 13.7. The van der Waals surface area contributed by atoms with Gasteiger partial charge in [0.2, 0.25) is 0 Å². The van der Waals surface area contributed by atoms with E-state index in [1.165, 1.54) is 19.3 Å². The summed E-state index contributed by atoms with van der Waals surface area (Å²) in [5.41, 5.74) is 0.316. The van der Waals surface area contributed by atoms with Crippen molar-refractivity contribution in [2.45, 2.75) is 39.0 Å². The minimum absolute atomic E-state index is 0.316. The Bertz CT molecular complexity index is 434. The van der Waals surface area contributed by atoms with Crippen molar-refractivity contribution < 1.29 is 9.90 Å². The van der Waals surface area contributed by atoms with Crippen LogP contribution in [-0.2, 0) is 0 Å². The van der Waals surface area contributed by atoms with Crippen molar-refractivity contribution in [3.05, 3.63) is 23.9 Å². The standard InChI is InChI=1S/C15H22N2O2/c1-2-5-12-6-4-10-17(11-8-12)14-13(15(18)19)7-3-9-16-14/h3,7,9,12H,2,4-6,8,10-11H2,1H3,(H,18,19). The van der Waals surface area contributed by atoms with Crippen molar-refractivity contribution in [2.24, 2.45) is 5.92 Å². The third-order valence-corrected chi connectivity index (χ3v) is 3.86. The number of aromatic carboxylic acids is 1. The van der Waals surface area contributed by atoms with Crippen LogP contribution in [0.5, 0.6) is 0 Å². The molecule has 1 atom stereocenters. The average Bonchev–Trinajstić information content (AvgIpc) is 2.65. The molecular weight excluding hydrogens is 240 g/mol. The highest BCUT2D eigenvalue weighted by Crippen LogP contribution is 2.26. The SMILES string of the molecule is CCCC1CCCN(c2ncccc2C(=O)O)CC1. The van der Waals surface area contributed by atoms with Gasteiger partial charge in [-0.15, -0.1) is 0 Å². The molecule has 104 valence electrons. The molecule has 0 amide bonds. The van der Waals surface area contributed by atoms with Gasteiger partial charge in [-0.1, -0.05) is 19.8 Å². The van der Waals surface area contributed by atoms with Crippen LogP contribution in [0.15, 0.2) is 18.3 Å². The number of carbonyl (C=O) groups is 1. The van der Waals surface area contributed by atoms with E-state index in [9.17, 15) is 9.90 Å². The first-order chi connectivity index (χ1) is 9.22. The van der Waals surface area contributed by atoms with Gasteiger partial charge in [0.25, 0.3) is 0 Å². The average molecular weight is 262 g/mol. The van der Waals surface area contributed by atoms with Crippen LogP contribution >= 0.6 is 0 Å². The highest BCUT2D eigenvalue weighted by Gasteiger charge is 2.21. The second kappa shape index (κ2) is 6.55. The Hall–Kier alpha value is -1.58. The molecule has 1 aliphatic heterocycles. The second-order valence-electron chi connectivity index (χ2n) is 5.25. The van der Waals surface area contributed by atoms with Crippen LogP contribution in [0.2, 0.25) is 0 Å². The second-order valence-corrected chi connectivity index (χ2v) is 5.25. The highest BCUT2D eigenvalue weighted by atomic mass is 16.4. The maximum absolute atomic E-state index is 11.3. The Morgan fingerprint density at radius 3 is 3.05 bits per heavy atom. The van der Waals surface area contributed by atoms with Crippen molar-refractivity contribution in [3.8, 4) is 0 Å². The predicted molar refractivity (Wildman–Crippen MR) is 75.7 cm³/mol. The quantitative estimate of drug-likeness (QED) is 0.905. The zero-order valence-corrected chi connectivity index (χ0v) is 11.5. The van der Waals surface area contributed by atoms with Crippen LogP contribution in [0, 0.1) is 5.92 Å². The lowest BCUT2D eigenvalue weighted by Gasteiger charge is -2.23. The van der Waals surface area contributed by atoms with Gasteiger partial charge in [-0.3, -0.25) is 0 Å². The van der Waals surface area contributed by atoms with E-state index in [-0.39, 0.29) is 0 Å².